The van der Waals surface area contributed by atoms with E-state index < -0.39 is 0 Å². The number of nitrogens with zero attached hydrogens (tertiary/aromatic N) is 2. The van der Waals surface area contributed by atoms with Crippen molar-refractivity contribution in [1.82, 2.24) is 0 Å². The van der Waals surface area contributed by atoms with Crippen molar-refractivity contribution in [3.8, 4) is 0 Å². The quantitative estimate of drug-likeness (QED) is 0.601. The molecule has 0 aromatic heterocycles. The number of thioether (sulfide) groups is 2. The van der Waals surface area contributed by atoms with Crippen molar-refractivity contribution in [3.05, 3.63) is 34.4 Å². The number of nitro benzene ring substituents is 1. The number of hydrogen-bond donors (Lipinski definition) is 0. The molecule has 0 aliphatic carbocycles. The van der Waals surface area contributed by atoms with Gasteiger partial charge in [-0.2, -0.15) is 0 Å². The monoisotopic (exact) mass is 254 g/mol. The van der Waals surface area contributed by atoms with Crippen molar-refractivity contribution in [2.45, 2.75) is 11.3 Å². The summed E-state index contributed by atoms with van der Waals surface area (Å²) in [7, 11) is 0. The van der Waals surface area contributed by atoms with Gasteiger partial charge >= 0.3 is 0 Å². The Morgan fingerprint density at radius 1 is 1.38 bits per heavy atom. The van der Waals surface area contributed by atoms with Gasteiger partial charge in [-0.15, -0.1) is 0 Å². The van der Waals surface area contributed by atoms with E-state index in [1.165, 1.54) is 12.1 Å². The standard InChI is InChI=1S/C10H10N2O2S2/c13-12(14)8-2-4-9(5-3-8)16-10-11-6-1-7-15-10/h2-5H,1,6-7H2. The topological polar surface area (TPSA) is 55.5 Å². The first-order valence-corrected chi connectivity index (χ1v) is 6.65. The normalized spacial score (nSPS) is 15.6. The predicted molar refractivity (Wildman–Crippen MR) is 68.3 cm³/mol. The zero-order chi connectivity index (χ0) is 11.4. The third-order valence-corrected chi connectivity index (χ3v) is 4.31. The van der Waals surface area contributed by atoms with Crippen LogP contribution >= 0.6 is 23.5 Å². The average molecular weight is 254 g/mol. The average Bonchev–Trinajstić information content (AvgIpc) is 2.31. The van der Waals surface area contributed by atoms with Crippen molar-refractivity contribution in [2.24, 2.45) is 4.99 Å². The molecule has 6 heteroatoms. The van der Waals surface area contributed by atoms with E-state index in [2.05, 4.69) is 4.99 Å². The van der Waals surface area contributed by atoms with Gasteiger partial charge in [0.1, 0.15) is 4.38 Å². The summed E-state index contributed by atoms with van der Waals surface area (Å²) >= 11 is 3.32. The highest BCUT2D eigenvalue weighted by molar-refractivity contribution is 8.38. The molecule has 0 unspecified atom stereocenters. The molecule has 0 bridgehead atoms. The summed E-state index contributed by atoms with van der Waals surface area (Å²) in [6.07, 6.45) is 1.13. The predicted octanol–water partition coefficient (Wildman–Crippen LogP) is 3.18. The Bertz CT molecular complexity index is 417. The number of aliphatic imine (C=N–C) groups is 1. The second kappa shape index (κ2) is 5.36. The van der Waals surface area contributed by atoms with Gasteiger partial charge in [0.05, 0.1) is 4.92 Å². The van der Waals surface area contributed by atoms with Crippen LogP contribution in [0, 0.1) is 10.1 Å². The maximum Gasteiger partial charge on any atom is 0.269 e. The number of non-ortho nitro benzene ring substituents is 1. The minimum Gasteiger partial charge on any atom is -0.271 e. The van der Waals surface area contributed by atoms with Crippen LogP contribution in [0.2, 0.25) is 0 Å². The van der Waals surface area contributed by atoms with Crippen LogP contribution in [0.15, 0.2) is 34.2 Å². The van der Waals surface area contributed by atoms with Crippen LogP contribution in [0.1, 0.15) is 6.42 Å². The fourth-order valence-electron chi connectivity index (χ4n) is 1.24. The largest absolute Gasteiger partial charge is 0.271 e. The molecule has 4 nitrogen and oxygen atoms in total. The van der Waals surface area contributed by atoms with Gasteiger partial charge in [0, 0.05) is 29.3 Å². The summed E-state index contributed by atoms with van der Waals surface area (Å²) < 4.78 is 1.06. The summed E-state index contributed by atoms with van der Waals surface area (Å²) in [5.74, 6) is 1.11. The molecule has 1 heterocycles. The number of nitro groups is 1. The molecule has 2 rings (SSSR count). The Labute approximate surface area is 102 Å². The SMILES string of the molecule is O=[N+]([O-])c1ccc(SC2=NCCCS2)cc1. The summed E-state index contributed by atoms with van der Waals surface area (Å²) in [6, 6.07) is 6.58. The van der Waals surface area contributed by atoms with Crippen LogP contribution in [0.3, 0.4) is 0 Å². The molecule has 1 aliphatic heterocycles. The van der Waals surface area contributed by atoms with Crippen molar-refractivity contribution >= 4 is 33.6 Å². The summed E-state index contributed by atoms with van der Waals surface area (Å²) in [4.78, 5) is 15.5. The first-order chi connectivity index (χ1) is 7.75. The lowest BCUT2D eigenvalue weighted by Crippen LogP contribution is -1.99. The summed E-state index contributed by atoms with van der Waals surface area (Å²) in [5.41, 5.74) is 0.127. The van der Waals surface area contributed by atoms with Gasteiger partial charge in [0.2, 0.25) is 0 Å². The number of hydrogen-bond acceptors (Lipinski definition) is 5. The Balaban J connectivity index is 2.04. The van der Waals surface area contributed by atoms with Gasteiger partial charge in [-0.05, 0) is 18.6 Å². The minimum absolute atomic E-state index is 0.127. The van der Waals surface area contributed by atoms with E-state index in [1.54, 1.807) is 35.7 Å². The number of benzene rings is 1. The van der Waals surface area contributed by atoms with E-state index in [0.29, 0.717) is 0 Å². The van der Waals surface area contributed by atoms with Crippen LogP contribution in [0.4, 0.5) is 5.69 Å². The van der Waals surface area contributed by atoms with Gasteiger partial charge in [0.25, 0.3) is 5.69 Å². The van der Waals surface area contributed by atoms with Crippen LogP contribution in [0.25, 0.3) is 0 Å². The van der Waals surface area contributed by atoms with E-state index in [0.717, 1.165) is 28.0 Å². The zero-order valence-corrected chi connectivity index (χ0v) is 10.1. The Kier molecular flexibility index (Phi) is 3.84. The van der Waals surface area contributed by atoms with Crippen LogP contribution in [-0.4, -0.2) is 21.6 Å². The van der Waals surface area contributed by atoms with Gasteiger partial charge in [-0.1, -0.05) is 23.5 Å². The first kappa shape index (κ1) is 11.5. The molecule has 1 aromatic rings. The maximum atomic E-state index is 10.5. The molecule has 84 valence electrons. The van der Waals surface area contributed by atoms with E-state index >= 15 is 0 Å². The van der Waals surface area contributed by atoms with E-state index in [9.17, 15) is 10.1 Å². The van der Waals surface area contributed by atoms with Crippen LogP contribution in [-0.2, 0) is 0 Å². The molecule has 0 spiro atoms. The molecule has 0 N–H and O–H groups in total. The number of rotatable bonds is 2. The van der Waals surface area contributed by atoms with Crippen molar-refractivity contribution in [3.63, 3.8) is 0 Å². The lowest BCUT2D eigenvalue weighted by molar-refractivity contribution is -0.384. The summed E-state index contributed by atoms with van der Waals surface area (Å²) in [6.45, 7) is 0.891. The Morgan fingerprint density at radius 2 is 2.12 bits per heavy atom. The molecule has 0 saturated heterocycles. The molecule has 0 atom stereocenters. The molecule has 0 radical (unpaired) electrons. The highest BCUT2D eigenvalue weighted by Crippen LogP contribution is 2.29. The van der Waals surface area contributed by atoms with Gasteiger partial charge < -0.3 is 0 Å². The first-order valence-electron chi connectivity index (χ1n) is 4.85. The summed E-state index contributed by atoms with van der Waals surface area (Å²) in [5, 5.41) is 10.5. The highest BCUT2D eigenvalue weighted by Gasteiger charge is 2.09. The molecular formula is C10H10N2O2S2. The molecule has 1 aliphatic rings. The van der Waals surface area contributed by atoms with Gasteiger partial charge in [-0.25, -0.2) is 0 Å². The molecule has 16 heavy (non-hydrogen) atoms. The van der Waals surface area contributed by atoms with Crippen LogP contribution < -0.4 is 0 Å². The van der Waals surface area contributed by atoms with Crippen molar-refractivity contribution < 1.29 is 4.92 Å². The molecule has 1 aromatic carbocycles. The molecule has 0 fully saturated rings. The molecule has 0 amide bonds. The Morgan fingerprint density at radius 3 is 2.69 bits per heavy atom. The third-order valence-electron chi connectivity index (χ3n) is 2.02. The van der Waals surface area contributed by atoms with Crippen molar-refractivity contribution in [1.29, 1.82) is 0 Å². The fourth-order valence-corrected chi connectivity index (χ4v) is 3.27. The van der Waals surface area contributed by atoms with Gasteiger partial charge in [0.15, 0.2) is 0 Å². The smallest absolute Gasteiger partial charge is 0.269 e. The minimum atomic E-state index is -0.388. The highest BCUT2D eigenvalue weighted by atomic mass is 32.2. The molecule has 0 saturated carbocycles. The zero-order valence-electron chi connectivity index (χ0n) is 8.46. The van der Waals surface area contributed by atoms with E-state index in [1.807, 2.05) is 0 Å². The molecular weight excluding hydrogens is 244 g/mol. The fraction of sp³-hybridized carbons (Fsp3) is 0.300. The second-order valence-electron chi connectivity index (χ2n) is 3.20. The lowest BCUT2D eigenvalue weighted by atomic mass is 10.3. The maximum absolute atomic E-state index is 10.5. The lowest BCUT2D eigenvalue weighted by Gasteiger charge is -2.09. The third kappa shape index (κ3) is 2.99. The van der Waals surface area contributed by atoms with E-state index in [4.69, 9.17) is 0 Å². The van der Waals surface area contributed by atoms with Gasteiger partial charge in [-0.3, -0.25) is 15.1 Å². The second-order valence-corrected chi connectivity index (χ2v) is 5.61. The van der Waals surface area contributed by atoms with Crippen LogP contribution in [0.5, 0.6) is 0 Å². The Hall–Kier alpha value is -1.01. The van der Waals surface area contributed by atoms with Crippen molar-refractivity contribution in [2.75, 3.05) is 12.3 Å². The van der Waals surface area contributed by atoms with E-state index in [-0.39, 0.29) is 10.6 Å².